The maximum atomic E-state index is 5.63. The number of nitrogens with zero attached hydrogens (tertiary/aromatic N) is 3. The Bertz CT molecular complexity index is 582. The summed E-state index contributed by atoms with van der Waals surface area (Å²) in [5, 5.41) is 2.81. The van der Waals surface area contributed by atoms with Gasteiger partial charge in [-0.3, -0.25) is 0 Å². The maximum Gasteiger partial charge on any atom is 0.330 e. The highest BCUT2D eigenvalue weighted by Gasteiger charge is 2.11. The SMILES string of the molecule is CNc1nc(OC)nc(Oc2ccc(C)cc2OC)n1. The van der Waals surface area contributed by atoms with Crippen molar-refractivity contribution in [3.63, 3.8) is 0 Å². The van der Waals surface area contributed by atoms with Gasteiger partial charge in [-0.05, 0) is 24.6 Å². The molecule has 0 saturated carbocycles. The summed E-state index contributed by atoms with van der Waals surface area (Å²) in [6, 6.07) is 5.87. The molecule has 0 bridgehead atoms. The lowest BCUT2D eigenvalue weighted by Gasteiger charge is -2.10. The van der Waals surface area contributed by atoms with E-state index in [0.29, 0.717) is 17.4 Å². The summed E-state index contributed by atoms with van der Waals surface area (Å²) in [5.74, 6) is 1.49. The topological polar surface area (TPSA) is 78.4 Å². The highest BCUT2D eigenvalue weighted by molar-refractivity contribution is 5.44. The fraction of sp³-hybridized carbons (Fsp3) is 0.308. The van der Waals surface area contributed by atoms with Crippen LogP contribution in [0.5, 0.6) is 23.5 Å². The molecule has 2 aromatic rings. The van der Waals surface area contributed by atoms with Crippen LogP contribution in [0.2, 0.25) is 0 Å². The van der Waals surface area contributed by atoms with Crippen LogP contribution in [0.3, 0.4) is 0 Å². The van der Waals surface area contributed by atoms with Crippen molar-refractivity contribution in [3.8, 4) is 23.5 Å². The number of anilines is 1. The standard InChI is InChI=1S/C13H16N4O3/c1-8-5-6-9(10(7-8)18-3)20-13-16-11(14-2)15-12(17-13)19-4/h5-7H,1-4H3,(H,14,15,16,17). The second-order valence-corrected chi connectivity index (χ2v) is 3.93. The molecule has 2 rings (SSSR count). The van der Waals surface area contributed by atoms with E-state index in [4.69, 9.17) is 14.2 Å². The Hall–Kier alpha value is -2.57. The number of rotatable bonds is 5. The monoisotopic (exact) mass is 276 g/mol. The minimum Gasteiger partial charge on any atom is -0.493 e. The maximum absolute atomic E-state index is 5.63. The average molecular weight is 276 g/mol. The van der Waals surface area contributed by atoms with E-state index in [1.807, 2.05) is 19.1 Å². The molecule has 0 spiro atoms. The van der Waals surface area contributed by atoms with E-state index >= 15 is 0 Å². The summed E-state index contributed by atoms with van der Waals surface area (Å²) in [6.07, 6.45) is 0. The van der Waals surface area contributed by atoms with E-state index < -0.39 is 0 Å². The number of nitrogens with one attached hydrogen (secondary N) is 1. The first-order chi connectivity index (χ1) is 9.66. The Balaban J connectivity index is 2.34. The molecule has 7 nitrogen and oxygen atoms in total. The quantitative estimate of drug-likeness (QED) is 0.895. The molecule has 0 fully saturated rings. The van der Waals surface area contributed by atoms with Gasteiger partial charge in [0.05, 0.1) is 14.2 Å². The lowest BCUT2D eigenvalue weighted by molar-refractivity contribution is 0.346. The van der Waals surface area contributed by atoms with Crippen LogP contribution in [0.25, 0.3) is 0 Å². The van der Waals surface area contributed by atoms with E-state index in [9.17, 15) is 0 Å². The molecule has 20 heavy (non-hydrogen) atoms. The smallest absolute Gasteiger partial charge is 0.330 e. The second-order valence-electron chi connectivity index (χ2n) is 3.93. The Morgan fingerprint density at radius 1 is 0.950 bits per heavy atom. The summed E-state index contributed by atoms with van der Waals surface area (Å²) in [5.41, 5.74) is 1.07. The molecular weight excluding hydrogens is 260 g/mol. The Labute approximate surface area is 116 Å². The predicted octanol–water partition coefficient (Wildman–Crippen LogP) is 2.03. The third-order valence-electron chi connectivity index (χ3n) is 2.52. The van der Waals surface area contributed by atoms with Gasteiger partial charge in [0.1, 0.15) is 0 Å². The molecule has 0 amide bonds. The van der Waals surface area contributed by atoms with Crippen molar-refractivity contribution in [3.05, 3.63) is 23.8 Å². The van der Waals surface area contributed by atoms with Gasteiger partial charge in [-0.25, -0.2) is 0 Å². The van der Waals surface area contributed by atoms with Gasteiger partial charge in [-0.2, -0.15) is 9.97 Å². The van der Waals surface area contributed by atoms with E-state index in [1.54, 1.807) is 20.2 Å². The lowest BCUT2D eigenvalue weighted by atomic mass is 10.2. The molecule has 0 aliphatic heterocycles. The van der Waals surface area contributed by atoms with Gasteiger partial charge in [0.25, 0.3) is 0 Å². The first kappa shape index (κ1) is 13.9. The number of benzene rings is 1. The van der Waals surface area contributed by atoms with Crippen molar-refractivity contribution < 1.29 is 14.2 Å². The zero-order valence-electron chi connectivity index (χ0n) is 11.8. The number of aryl methyl sites for hydroxylation is 1. The first-order valence-electron chi connectivity index (χ1n) is 5.96. The molecule has 0 atom stereocenters. The van der Waals surface area contributed by atoms with Gasteiger partial charge in [-0.15, -0.1) is 4.98 Å². The molecule has 106 valence electrons. The predicted molar refractivity (Wildman–Crippen MR) is 73.7 cm³/mol. The fourth-order valence-electron chi connectivity index (χ4n) is 1.54. The zero-order valence-corrected chi connectivity index (χ0v) is 11.8. The number of ether oxygens (including phenoxy) is 3. The van der Waals surface area contributed by atoms with Crippen LogP contribution < -0.4 is 19.5 Å². The van der Waals surface area contributed by atoms with Crippen molar-refractivity contribution in [2.75, 3.05) is 26.6 Å². The zero-order chi connectivity index (χ0) is 14.5. The van der Waals surface area contributed by atoms with Crippen LogP contribution in [-0.4, -0.2) is 36.2 Å². The number of aromatic nitrogens is 3. The summed E-state index contributed by atoms with van der Waals surface area (Å²) in [4.78, 5) is 12.1. The summed E-state index contributed by atoms with van der Waals surface area (Å²) >= 11 is 0. The summed E-state index contributed by atoms with van der Waals surface area (Å²) < 4.78 is 15.9. The van der Waals surface area contributed by atoms with Crippen molar-refractivity contribution in [1.29, 1.82) is 0 Å². The van der Waals surface area contributed by atoms with Crippen LogP contribution in [0, 0.1) is 6.92 Å². The number of methoxy groups -OCH3 is 2. The van der Waals surface area contributed by atoms with Crippen molar-refractivity contribution >= 4 is 5.95 Å². The molecule has 1 aromatic carbocycles. The molecule has 0 unspecified atom stereocenters. The molecule has 1 N–H and O–H groups in total. The number of hydrogen-bond donors (Lipinski definition) is 1. The second kappa shape index (κ2) is 6.05. The number of hydrogen-bond acceptors (Lipinski definition) is 7. The van der Waals surface area contributed by atoms with Crippen LogP contribution >= 0.6 is 0 Å². The lowest BCUT2D eigenvalue weighted by Crippen LogP contribution is -2.03. The van der Waals surface area contributed by atoms with Gasteiger partial charge in [0.15, 0.2) is 11.5 Å². The molecule has 1 aromatic heterocycles. The van der Waals surface area contributed by atoms with E-state index in [-0.39, 0.29) is 12.0 Å². The molecule has 7 heteroatoms. The summed E-state index contributed by atoms with van der Waals surface area (Å²) in [6.45, 7) is 1.97. The van der Waals surface area contributed by atoms with Crippen molar-refractivity contribution in [1.82, 2.24) is 15.0 Å². The Morgan fingerprint density at radius 2 is 1.70 bits per heavy atom. The summed E-state index contributed by atoms with van der Waals surface area (Å²) in [7, 11) is 4.75. The molecular formula is C13H16N4O3. The highest BCUT2D eigenvalue weighted by atomic mass is 16.5. The van der Waals surface area contributed by atoms with Gasteiger partial charge in [0.2, 0.25) is 5.95 Å². The molecule has 1 heterocycles. The van der Waals surface area contributed by atoms with E-state index in [2.05, 4.69) is 20.3 Å². The third-order valence-corrected chi connectivity index (χ3v) is 2.52. The van der Waals surface area contributed by atoms with Gasteiger partial charge >= 0.3 is 12.0 Å². The van der Waals surface area contributed by atoms with E-state index in [0.717, 1.165) is 5.56 Å². The molecule has 0 radical (unpaired) electrons. The Morgan fingerprint density at radius 3 is 2.35 bits per heavy atom. The third kappa shape index (κ3) is 3.05. The molecule has 0 aliphatic rings. The van der Waals surface area contributed by atoms with Crippen LogP contribution in [0.4, 0.5) is 5.95 Å². The molecule has 0 aliphatic carbocycles. The van der Waals surface area contributed by atoms with Crippen LogP contribution in [0.1, 0.15) is 5.56 Å². The largest absolute Gasteiger partial charge is 0.493 e. The average Bonchev–Trinajstić information content (AvgIpc) is 2.48. The van der Waals surface area contributed by atoms with Crippen LogP contribution in [-0.2, 0) is 0 Å². The fourth-order valence-corrected chi connectivity index (χ4v) is 1.54. The van der Waals surface area contributed by atoms with Gasteiger partial charge in [-0.1, -0.05) is 6.07 Å². The normalized spacial score (nSPS) is 10.0. The first-order valence-corrected chi connectivity index (χ1v) is 5.96. The molecule has 0 saturated heterocycles. The minimum atomic E-state index is 0.128. The van der Waals surface area contributed by atoms with Gasteiger partial charge in [0, 0.05) is 7.05 Å². The van der Waals surface area contributed by atoms with E-state index in [1.165, 1.54) is 7.11 Å². The van der Waals surface area contributed by atoms with Crippen molar-refractivity contribution in [2.45, 2.75) is 6.92 Å². The van der Waals surface area contributed by atoms with Gasteiger partial charge < -0.3 is 19.5 Å². The minimum absolute atomic E-state index is 0.128. The Kier molecular flexibility index (Phi) is 4.19. The van der Waals surface area contributed by atoms with Crippen LogP contribution in [0.15, 0.2) is 18.2 Å². The highest BCUT2D eigenvalue weighted by Crippen LogP contribution is 2.31. The van der Waals surface area contributed by atoms with Crippen molar-refractivity contribution in [2.24, 2.45) is 0 Å².